The Morgan fingerprint density at radius 3 is 2.48 bits per heavy atom. The second kappa shape index (κ2) is 7.76. The molecule has 3 aromatic rings. The maximum absolute atomic E-state index is 12.2. The smallest absolute Gasteiger partial charge is 0.375 e. The third-order valence-electron chi connectivity index (χ3n) is 4.70. The van der Waals surface area contributed by atoms with Gasteiger partial charge in [0, 0.05) is 5.92 Å². The van der Waals surface area contributed by atoms with Crippen LogP contribution in [0.4, 0.5) is 0 Å². The van der Waals surface area contributed by atoms with Crippen molar-refractivity contribution in [2.45, 2.75) is 12.3 Å². The molecule has 2 atom stereocenters. The highest BCUT2D eigenvalue weighted by Gasteiger charge is 2.43. The van der Waals surface area contributed by atoms with Crippen molar-refractivity contribution >= 4 is 23.0 Å². The fraction of sp³-hybridized carbons (Fsp3) is 0.182. The Hall–Kier alpha value is -2.92. The number of nitrogens with zero attached hydrogens (tertiary/aromatic N) is 1. The molecule has 0 bridgehead atoms. The summed E-state index contributed by atoms with van der Waals surface area (Å²) < 4.78 is 5.23. The van der Waals surface area contributed by atoms with Crippen molar-refractivity contribution in [1.82, 2.24) is 0 Å². The first-order valence-electron chi connectivity index (χ1n) is 8.78. The van der Waals surface area contributed by atoms with Gasteiger partial charge in [-0.3, -0.25) is 0 Å². The summed E-state index contributed by atoms with van der Waals surface area (Å²) in [5, 5.41) is 6.12. The molecule has 1 heterocycles. The zero-order valence-electron chi connectivity index (χ0n) is 14.9. The monoisotopic (exact) mass is 377 g/mol. The fourth-order valence-electron chi connectivity index (χ4n) is 3.19. The average Bonchev–Trinajstić information content (AvgIpc) is 3.30. The van der Waals surface area contributed by atoms with Gasteiger partial charge in [-0.2, -0.15) is 0 Å². The van der Waals surface area contributed by atoms with Crippen molar-refractivity contribution in [1.29, 1.82) is 0 Å². The minimum atomic E-state index is -0.417. The van der Waals surface area contributed by atoms with Crippen molar-refractivity contribution in [3.63, 3.8) is 0 Å². The van der Waals surface area contributed by atoms with Gasteiger partial charge in [-0.1, -0.05) is 53.7 Å². The number of carbonyl (C=O) groups is 1. The SMILES string of the molecule is COc1ccc([C@@H]2C[C@@H]2/C(=N\OC(=O)c2cccs2)c2ccccc2)cc1. The van der Waals surface area contributed by atoms with Gasteiger partial charge in [0.15, 0.2) is 0 Å². The van der Waals surface area contributed by atoms with Crippen LogP contribution in [0.3, 0.4) is 0 Å². The number of benzene rings is 2. The highest BCUT2D eigenvalue weighted by molar-refractivity contribution is 7.11. The quantitative estimate of drug-likeness (QED) is 0.340. The molecule has 5 heteroatoms. The van der Waals surface area contributed by atoms with Gasteiger partial charge in [-0.05, 0) is 47.0 Å². The number of carbonyl (C=O) groups excluding carboxylic acids is 1. The Balaban J connectivity index is 1.56. The Morgan fingerprint density at radius 1 is 1.04 bits per heavy atom. The van der Waals surface area contributed by atoms with Gasteiger partial charge >= 0.3 is 5.97 Å². The average molecular weight is 377 g/mol. The number of hydrogen-bond acceptors (Lipinski definition) is 5. The summed E-state index contributed by atoms with van der Waals surface area (Å²) in [6.07, 6.45) is 0.983. The topological polar surface area (TPSA) is 47.9 Å². The summed E-state index contributed by atoms with van der Waals surface area (Å²) >= 11 is 1.35. The van der Waals surface area contributed by atoms with Crippen LogP contribution in [-0.2, 0) is 4.84 Å². The third-order valence-corrected chi connectivity index (χ3v) is 5.55. The molecule has 0 spiro atoms. The normalized spacial score (nSPS) is 18.8. The van der Waals surface area contributed by atoms with Crippen molar-refractivity contribution in [2.24, 2.45) is 11.1 Å². The van der Waals surface area contributed by atoms with Crippen LogP contribution in [0.25, 0.3) is 0 Å². The number of hydrogen-bond donors (Lipinski definition) is 0. The molecular formula is C22H19NO3S. The van der Waals surface area contributed by atoms with E-state index in [1.807, 2.05) is 53.9 Å². The summed E-state index contributed by atoms with van der Waals surface area (Å²) in [5.74, 6) is 1.03. The van der Waals surface area contributed by atoms with Crippen molar-refractivity contribution in [3.8, 4) is 5.75 Å². The molecule has 0 saturated heterocycles. The standard InChI is InChI=1S/C22H19NO3S/c1-25-17-11-9-15(10-12-17)18-14-19(18)21(16-6-3-2-4-7-16)23-26-22(24)20-8-5-13-27-20/h2-13,18-19H,14H2,1H3/b23-21-/t18-,19-/m0/s1. The lowest BCUT2D eigenvalue weighted by Gasteiger charge is -2.07. The first-order chi connectivity index (χ1) is 13.3. The molecule has 1 aromatic heterocycles. The van der Waals surface area contributed by atoms with Crippen LogP contribution in [0.1, 0.15) is 33.1 Å². The van der Waals surface area contributed by atoms with E-state index in [0.29, 0.717) is 10.8 Å². The van der Waals surface area contributed by atoms with Crippen LogP contribution in [0.15, 0.2) is 77.3 Å². The Morgan fingerprint density at radius 2 is 1.81 bits per heavy atom. The number of rotatable bonds is 6. The lowest BCUT2D eigenvalue weighted by atomic mass is 10.0. The summed E-state index contributed by atoms with van der Waals surface area (Å²) in [6.45, 7) is 0. The van der Waals surface area contributed by atoms with E-state index in [9.17, 15) is 4.79 Å². The van der Waals surface area contributed by atoms with Gasteiger partial charge in [-0.15, -0.1) is 11.3 Å². The molecule has 0 radical (unpaired) electrons. The molecule has 27 heavy (non-hydrogen) atoms. The van der Waals surface area contributed by atoms with E-state index >= 15 is 0 Å². The molecular weight excluding hydrogens is 358 g/mol. The summed E-state index contributed by atoms with van der Waals surface area (Å²) in [5.41, 5.74) is 3.05. The van der Waals surface area contributed by atoms with Crippen molar-refractivity contribution in [2.75, 3.05) is 7.11 Å². The largest absolute Gasteiger partial charge is 0.497 e. The van der Waals surface area contributed by atoms with Crippen LogP contribution in [-0.4, -0.2) is 18.8 Å². The van der Waals surface area contributed by atoms with Crippen LogP contribution >= 0.6 is 11.3 Å². The minimum Gasteiger partial charge on any atom is -0.497 e. The zero-order valence-corrected chi connectivity index (χ0v) is 15.7. The molecule has 4 rings (SSSR count). The molecule has 0 unspecified atom stereocenters. The third kappa shape index (κ3) is 3.93. The second-order valence-electron chi connectivity index (χ2n) is 6.42. The van der Waals surface area contributed by atoms with E-state index in [0.717, 1.165) is 23.4 Å². The molecule has 1 fully saturated rings. The molecule has 2 aromatic carbocycles. The molecule has 1 aliphatic carbocycles. The molecule has 4 nitrogen and oxygen atoms in total. The van der Waals surface area contributed by atoms with Gasteiger partial charge in [0.25, 0.3) is 0 Å². The van der Waals surface area contributed by atoms with E-state index in [-0.39, 0.29) is 5.92 Å². The summed E-state index contributed by atoms with van der Waals surface area (Å²) in [7, 11) is 1.66. The molecule has 136 valence electrons. The predicted molar refractivity (Wildman–Crippen MR) is 107 cm³/mol. The molecule has 0 N–H and O–H groups in total. The van der Waals surface area contributed by atoms with Crippen LogP contribution in [0.5, 0.6) is 5.75 Å². The van der Waals surface area contributed by atoms with Gasteiger partial charge in [0.1, 0.15) is 10.6 Å². The van der Waals surface area contributed by atoms with Gasteiger partial charge in [0.05, 0.1) is 12.8 Å². The van der Waals surface area contributed by atoms with E-state index < -0.39 is 5.97 Å². The molecule has 1 aliphatic rings. The van der Waals surface area contributed by atoms with Crippen molar-refractivity contribution in [3.05, 3.63) is 88.1 Å². The molecule has 0 aliphatic heterocycles. The lowest BCUT2D eigenvalue weighted by Crippen LogP contribution is -2.08. The lowest BCUT2D eigenvalue weighted by molar-refractivity contribution is 0.0521. The van der Waals surface area contributed by atoms with E-state index in [1.54, 1.807) is 13.2 Å². The zero-order chi connectivity index (χ0) is 18.6. The minimum absolute atomic E-state index is 0.233. The molecule has 0 amide bonds. The van der Waals surface area contributed by atoms with E-state index in [2.05, 4.69) is 17.3 Å². The van der Waals surface area contributed by atoms with Crippen LogP contribution < -0.4 is 4.74 Å². The van der Waals surface area contributed by atoms with Crippen molar-refractivity contribution < 1.29 is 14.4 Å². The predicted octanol–water partition coefficient (Wildman–Crippen LogP) is 5.12. The van der Waals surface area contributed by atoms with Gasteiger partial charge in [-0.25, -0.2) is 4.79 Å². The van der Waals surface area contributed by atoms with Crippen LogP contribution in [0, 0.1) is 5.92 Å². The first-order valence-corrected chi connectivity index (χ1v) is 9.66. The number of oxime groups is 1. The summed E-state index contributed by atoms with van der Waals surface area (Å²) in [6, 6.07) is 21.6. The van der Waals surface area contributed by atoms with E-state index in [4.69, 9.17) is 9.57 Å². The highest BCUT2D eigenvalue weighted by atomic mass is 32.1. The number of methoxy groups -OCH3 is 1. The maximum atomic E-state index is 12.2. The Kier molecular flexibility index (Phi) is 5.03. The first kappa shape index (κ1) is 17.5. The van der Waals surface area contributed by atoms with Gasteiger partial charge in [0.2, 0.25) is 0 Å². The Bertz CT molecular complexity index is 933. The highest BCUT2D eigenvalue weighted by Crippen LogP contribution is 2.49. The summed E-state index contributed by atoms with van der Waals surface area (Å²) in [4.78, 5) is 18.0. The fourth-order valence-corrected chi connectivity index (χ4v) is 3.78. The van der Waals surface area contributed by atoms with Crippen LogP contribution in [0.2, 0.25) is 0 Å². The Labute approximate surface area is 162 Å². The molecule has 1 saturated carbocycles. The van der Waals surface area contributed by atoms with E-state index in [1.165, 1.54) is 16.9 Å². The number of thiophene rings is 1. The second-order valence-corrected chi connectivity index (χ2v) is 7.37. The maximum Gasteiger partial charge on any atom is 0.375 e. The number of ether oxygens (including phenoxy) is 1. The van der Waals surface area contributed by atoms with Gasteiger partial charge < -0.3 is 9.57 Å².